The third kappa shape index (κ3) is 3.92. The first-order valence-electron chi connectivity index (χ1n) is 7.84. The van der Waals surface area contributed by atoms with Crippen LogP contribution < -0.4 is 16.4 Å². The van der Waals surface area contributed by atoms with Gasteiger partial charge in [-0.15, -0.1) is 0 Å². The minimum Gasteiger partial charge on any atom is -0.350 e. The zero-order valence-electron chi connectivity index (χ0n) is 13.6. The fraction of sp³-hybridized carbons (Fsp3) is 0.111. The Bertz CT molecular complexity index is 1040. The van der Waals surface area contributed by atoms with Crippen LogP contribution in [0.2, 0.25) is 0 Å². The summed E-state index contributed by atoms with van der Waals surface area (Å²) in [6, 6.07) is 11.6. The van der Waals surface area contributed by atoms with E-state index in [-0.39, 0.29) is 30.0 Å². The van der Waals surface area contributed by atoms with E-state index in [9.17, 15) is 18.8 Å². The minimum absolute atomic E-state index is 0.00660. The number of aromatic amines is 1. The maximum absolute atomic E-state index is 13.0. The van der Waals surface area contributed by atoms with Crippen molar-refractivity contribution >= 4 is 5.91 Å². The van der Waals surface area contributed by atoms with Gasteiger partial charge in [0.05, 0.1) is 12.2 Å². The monoisotopic (exact) mass is 354 g/mol. The Hall–Kier alpha value is -3.55. The summed E-state index contributed by atoms with van der Waals surface area (Å²) in [6.45, 7) is 0.247. The van der Waals surface area contributed by atoms with Crippen molar-refractivity contribution in [3.63, 3.8) is 0 Å². The molecule has 0 spiro atoms. The number of carbonyl (C=O) groups is 1. The Balaban J connectivity index is 1.70. The molecule has 0 saturated carbocycles. The number of H-pyrrole nitrogens is 1. The number of amides is 1. The zero-order chi connectivity index (χ0) is 18.5. The second-order valence-electron chi connectivity index (χ2n) is 5.46. The number of halogens is 1. The molecule has 0 aliphatic carbocycles. The maximum atomic E-state index is 13.0. The molecule has 0 radical (unpaired) electrons. The highest BCUT2D eigenvalue weighted by Crippen LogP contribution is 2.15. The van der Waals surface area contributed by atoms with Crippen molar-refractivity contribution in [1.29, 1.82) is 0 Å². The molecule has 0 aliphatic heterocycles. The van der Waals surface area contributed by atoms with E-state index in [1.807, 2.05) is 0 Å². The van der Waals surface area contributed by atoms with Crippen molar-refractivity contribution < 1.29 is 9.18 Å². The van der Waals surface area contributed by atoms with Crippen LogP contribution in [0.25, 0.3) is 11.3 Å². The number of hydrogen-bond donors (Lipinski definition) is 2. The van der Waals surface area contributed by atoms with Crippen LogP contribution in [0.1, 0.15) is 10.4 Å². The first kappa shape index (κ1) is 17.3. The van der Waals surface area contributed by atoms with Gasteiger partial charge in [-0.1, -0.05) is 0 Å². The molecule has 1 aromatic carbocycles. The van der Waals surface area contributed by atoms with Gasteiger partial charge in [0.25, 0.3) is 17.0 Å². The van der Waals surface area contributed by atoms with E-state index in [2.05, 4.69) is 15.4 Å². The van der Waals surface area contributed by atoms with Gasteiger partial charge in [-0.05, 0) is 42.5 Å². The summed E-state index contributed by atoms with van der Waals surface area (Å²) in [7, 11) is 0. The van der Waals surface area contributed by atoms with Crippen LogP contribution in [0.5, 0.6) is 0 Å². The Labute approximate surface area is 147 Å². The molecule has 8 heteroatoms. The SMILES string of the molecule is O=C(NCCn1nc(-c2ccc(F)cc2)ccc1=O)c1ccc[nH]c1=O. The molecule has 0 atom stereocenters. The van der Waals surface area contributed by atoms with Gasteiger partial charge in [0.1, 0.15) is 11.4 Å². The molecule has 0 bridgehead atoms. The molecule has 132 valence electrons. The van der Waals surface area contributed by atoms with Crippen LogP contribution in [0.3, 0.4) is 0 Å². The number of benzene rings is 1. The largest absolute Gasteiger partial charge is 0.350 e. The van der Waals surface area contributed by atoms with Crippen LogP contribution in [-0.4, -0.2) is 27.2 Å². The van der Waals surface area contributed by atoms with Gasteiger partial charge in [0.15, 0.2) is 0 Å². The third-order valence-electron chi connectivity index (χ3n) is 3.68. The van der Waals surface area contributed by atoms with E-state index < -0.39 is 11.5 Å². The van der Waals surface area contributed by atoms with Crippen molar-refractivity contribution in [2.45, 2.75) is 6.54 Å². The summed E-state index contributed by atoms with van der Waals surface area (Å²) in [5.41, 5.74) is 0.351. The van der Waals surface area contributed by atoms with E-state index in [0.29, 0.717) is 11.3 Å². The average Bonchev–Trinajstić information content (AvgIpc) is 2.64. The van der Waals surface area contributed by atoms with Gasteiger partial charge < -0.3 is 10.3 Å². The van der Waals surface area contributed by atoms with Crippen LogP contribution in [0.4, 0.5) is 4.39 Å². The predicted molar refractivity (Wildman–Crippen MR) is 93.3 cm³/mol. The lowest BCUT2D eigenvalue weighted by atomic mass is 10.1. The quantitative estimate of drug-likeness (QED) is 0.719. The van der Waals surface area contributed by atoms with E-state index in [4.69, 9.17) is 0 Å². The normalized spacial score (nSPS) is 10.5. The van der Waals surface area contributed by atoms with Crippen LogP contribution >= 0.6 is 0 Å². The second kappa shape index (κ2) is 7.56. The summed E-state index contributed by atoms with van der Waals surface area (Å²) in [5, 5.41) is 6.80. The zero-order valence-corrected chi connectivity index (χ0v) is 13.6. The number of nitrogens with one attached hydrogen (secondary N) is 2. The van der Waals surface area contributed by atoms with Gasteiger partial charge in [0.2, 0.25) is 0 Å². The predicted octanol–water partition coefficient (Wildman–Crippen LogP) is 1.17. The molecule has 0 aliphatic rings. The first-order chi connectivity index (χ1) is 12.5. The summed E-state index contributed by atoms with van der Waals surface area (Å²) >= 11 is 0. The molecule has 0 unspecified atom stereocenters. The fourth-order valence-corrected chi connectivity index (χ4v) is 2.35. The Kier molecular flexibility index (Phi) is 5.02. The van der Waals surface area contributed by atoms with Gasteiger partial charge >= 0.3 is 0 Å². The summed E-state index contributed by atoms with van der Waals surface area (Å²) in [4.78, 5) is 37.9. The number of pyridine rings is 1. The Morgan fingerprint density at radius 2 is 1.88 bits per heavy atom. The van der Waals surface area contributed by atoms with E-state index >= 15 is 0 Å². The first-order valence-corrected chi connectivity index (χ1v) is 7.84. The standard InChI is InChI=1S/C18H15FN4O3/c19-13-5-3-12(4-6-13)15-7-8-16(24)23(22-15)11-10-21-18(26)14-2-1-9-20-17(14)25/h1-9H,10-11H2,(H,20,25)(H,21,26). The van der Waals surface area contributed by atoms with Crippen molar-refractivity contribution in [3.8, 4) is 11.3 Å². The molecule has 0 saturated heterocycles. The molecular formula is C18H15FN4O3. The molecule has 2 aromatic heterocycles. The maximum Gasteiger partial charge on any atom is 0.266 e. The lowest BCUT2D eigenvalue weighted by Gasteiger charge is -2.08. The molecule has 3 rings (SSSR count). The third-order valence-corrected chi connectivity index (χ3v) is 3.68. The van der Waals surface area contributed by atoms with Crippen LogP contribution in [-0.2, 0) is 6.54 Å². The van der Waals surface area contributed by atoms with Crippen molar-refractivity contribution in [3.05, 3.63) is 86.8 Å². The number of rotatable bonds is 5. The number of nitrogens with zero attached hydrogens (tertiary/aromatic N) is 2. The van der Waals surface area contributed by atoms with Crippen LogP contribution in [0.15, 0.2) is 64.3 Å². The molecule has 7 nitrogen and oxygen atoms in total. The number of hydrogen-bond acceptors (Lipinski definition) is 4. The smallest absolute Gasteiger partial charge is 0.266 e. The highest BCUT2D eigenvalue weighted by Gasteiger charge is 2.09. The molecule has 2 heterocycles. The van der Waals surface area contributed by atoms with Gasteiger partial charge in [-0.2, -0.15) is 5.10 Å². The lowest BCUT2D eigenvalue weighted by molar-refractivity contribution is 0.0950. The Morgan fingerprint density at radius 1 is 1.12 bits per heavy atom. The topological polar surface area (TPSA) is 96.8 Å². The average molecular weight is 354 g/mol. The van der Waals surface area contributed by atoms with Crippen molar-refractivity contribution in [2.75, 3.05) is 6.54 Å². The molecule has 2 N–H and O–H groups in total. The van der Waals surface area contributed by atoms with Crippen molar-refractivity contribution in [2.24, 2.45) is 0 Å². The van der Waals surface area contributed by atoms with E-state index in [1.54, 1.807) is 24.3 Å². The molecule has 26 heavy (non-hydrogen) atoms. The second-order valence-corrected chi connectivity index (χ2v) is 5.46. The Morgan fingerprint density at radius 3 is 2.62 bits per heavy atom. The lowest BCUT2D eigenvalue weighted by Crippen LogP contribution is -2.34. The van der Waals surface area contributed by atoms with Gasteiger partial charge in [0, 0.05) is 24.4 Å². The molecule has 3 aromatic rings. The van der Waals surface area contributed by atoms with E-state index in [0.717, 1.165) is 0 Å². The highest BCUT2D eigenvalue weighted by molar-refractivity contribution is 5.93. The molecule has 1 amide bonds. The summed E-state index contributed by atoms with van der Waals surface area (Å²) in [6.07, 6.45) is 1.43. The van der Waals surface area contributed by atoms with Gasteiger partial charge in [-0.3, -0.25) is 14.4 Å². The van der Waals surface area contributed by atoms with Crippen molar-refractivity contribution in [1.82, 2.24) is 20.1 Å². The number of carbonyl (C=O) groups excluding carboxylic acids is 1. The number of aromatic nitrogens is 3. The summed E-state index contributed by atoms with van der Waals surface area (Å²) in [5.74, 6) is -0.893. The molecule has 0 fully saturated rings. The molecular weight excluding hydrogens is 339 g/mol. The van der Waals surface area contributed by atoms with Crippen LogP contribution in [0, 0.1) is 5.82 Å². The fourth-order valence-electron chi connectivity index (χ4n) is 2.35. The minimum atomic E-state index is -0.533. The summed E-state index contributed by atoms with van der Waals surface area (Å²) < 4.78 is 14.2. The van der Waals surface area contributed by atoms with E-state index in [1.165, 1.54) is 35.1 Å². The van der Waals surface area contributed by atoms with Gasteiger partial charge in [-0.25, -0.2) is 9.07 Å². The highest BCUT2D eigenvalue weighted by atomic mass is 19.1.